The molecule has 110 valence electrons. The van der Waals surface area contributed by atoms with Crippen molar-refractivity contribution in [3.05, 3.63) is 29.8 Å². The van der Waals surface area contributed by atoms with E-state index < -0.39 is 0 Å². The topological polar surface area (TPSA) is 62.4 Å². The van der Waals surface area contributed by atoms with Crippen LogP contribution in [-0.2, 0) is 11.3 Å². The van der Waals surface area contributed by atoms with E-state index >= 15 is 0 Å². The lowest BCUT2D eigenvalue weighted by molar-refractivity contribution is 0.189. The number of anilines is 1. The lowest BCUT2D eigenvalue weighted by Crippen LogP contribution is -2.38. The zero-order chi connectivity index (χ0) is 14.4. The van der Waals surface area contributed by atoms with Crippen molar-refractivity contribution < 1.29 is 9.53 Å². The molecule has 1 aliphatic rings. The number of urea groups is 1. The minimum atomic E-state index is -0.173. The summed E-state index contributed by atoms with van der Waals surface area (Å²) in [5.41, 5.74) is 2.00. The van der Waals surface area contributed by atoms with Gasteiger partial charge in [0.15, 0.2) is 0 Å². The van der Waals surface area contributed by atoms with Crippen molar-refractivity contribution >= 4 is 11.7 Å². The Balaban J connectivity index is 1.78. The standard InChI is InChI=1S/C15H23N3O2/c1-11(2)16-9-12-3-5-13(6-4-12)17-15(19)18-14-7-8-20-10-14/h3-6,11,14,16H,7-10H2,1-2H3,(H2,17,18,19). The third-order valence-corrected chi connectivity index (χ3v) is 3.19. The largest absolute Gasteiger partial charge is 0.379 e. The average molecular weight is 277 g/mol. The Kier molecular flexibility index (Phi) is 5.38. The highest BCUT2D eigenvalue weighted by molar-refractivity contribution is 5.89. The minimum absolute atomic E-state index is 0.129. The van der Waals surface area contributed by atoms with Crippen LogP contribution in [0.3, 0.4) is 0 Å². The summed E-state index contributed by atoms with van der Waals surface area (Å²) in [4.78, 5) is 11.8. The Hall–Kier alpha value is -1.59. The first-order chi connectivity index (χ1) is 9.63. The molecule has 2 rings (SSSR count). The van der Waals surface area contributed by atoms with Gasteiger partial charge in [-0.15, -0.1) is 0 Å². The van der Waals surface area contributed by atoms with Crippen LogP contribution in [0, 0.1) is 0 Å². The monoisotopic (exact) mass is 277 g/mol. The van der Waals surface area contributed by atoms with Gasteiger partial charge in [0.2, 0.25) is 0 Å². The zero-order valence-corrected chi connectivity index (χ0v) is 12.1. The molecule has 1 unspecified atom stereocenters. The Morgan fingerprint density at radius 1 is 1.35 bits per heavy atom. The second-order valence-electron chi connectivity index (χ2n) is 5.39. The van der Waals surface area contributed by atoms with Gasteiger partial charge < -0.3 is 20.7 Å². The quantitative estimate of drug-likeness (QED) is 0.772. The molecule has 3 N–H and O–H groups in total. The normalized spacial score (nSPS) is 18.2. The molecule has 0 aromatic heterocycles. The van der Waals surface area contributed by atoms with Crippen molar-refractivity contribution in [2.75, 3.05) is 18.5 Å². The van der Waals surface area contributed by atoms with E-state index in [9.17, 15) is 4.79 Å². The van der Waals surface area contributed by atoms with Gasteiger partial charge in [0.1, 0.15) is 0 Å². The highest BCUT2D eigenvalue weighted by Gasteiger charge is 2.17. The van der Waals surface area contributed by atoms with Crippen molar-refractivity contribution in [3.8, 4) is 0 Å². The summed E-state index contributed by atoms with van der Waals surface area (Å²) in [5.74, 6) is 0. The van der Waals surface area contributed by atoms with E-state index in [2.05, 4.69) is 29.8 Å². The van der Waals surface area contributed by atoms with E-state index in [1.807, 2.05) is 24.3 Å². The fraction of sp³-hybridized carbons (Fsp3) is 0.533. The fourth-order valence-corrected chi connectivity index (χ4v) is 2.03. The molecule has 1 aromatic rings. The molecule has 5 heteroatoms. The lowest BCUT2D eigenvalue weighted by Gasteiger charge is -2.12. The van der Waals surface area contributed by atoms with E-state index in [0.29, 0.717) is 12.6 Å². The van der Waals surface area contributed by atoms with Crippen molar-refractivity contribution in [1.82, 2.24) is 10.6 Å². The highest BCUT2D eigenvalue weighted by Crippen LogP contribution is 2.10. The van der Waals surface area contributed by atoms with Crippen molar-refractivity contribution in [1.29, 1.82) is 0 Å². The van der Waals surface area contributed by atoms with Gasteiger partial charge in [0, 0.05) is 24.9 Å². The number of nitrogens with one attached hydrogen (secondary N) is 3. The molecule has 0 spiro atoms. The van der Waals surface area contributed by atoms with Crippen molar-refractivity contribution in [2.45, 2.75) is 38.9 Å². The SMILES string of the molecule is CC(C)NCc1ccc(NC(=O)NC2CCOC2)cc1. The molecule has 2 amide bonds. The third-order valence-electron chi connectivity index (χ3n) is 3.19. The number of hydrogen-bond donors (Lipinski definition) is 3. The lowest BCUT2D eigenvalue weighted by atomic mass is 10.2. The van der Waals surface area contributed by atoms with Gasteiger partial charge in [-0.25, -0.2) is 4.79 Å². The molecule has 1 aromatic carbocycles. The predicted molar refractivity (Wildman–Crippen MR) is 79.8 cm³/mol. The molecule has 5 nitrogen and oxygen atoms in total. The second kappa shape index (κ2) is 7.26. The molecule has 1 heterocycles. The zero-order valence-electron chi connectivity index (χ0n) is 12.1. The first-order valence-electron chi connectivity index (χ1n) is 7.11. The van der Waals surface area contributed by atoms with Crippen LogP contribution in [0.2, 0.25) is 0 Å². The van der Waals surface area contributed by atoms with Crippen LogP contribution >= 0.6 is 0 Å². The van der Waals surface area contributed by atoms with Crippen LogP contribution in [0.15, 0.2) is 24.3 Å². The molecule has 1 atom stereocenters. The minimum Gasteiger partial charge on any atom is -0.379 e. The van der Waals surface area contributed by atoms with E-state index in [0.717, 1.165) is 25.3 Å². The summed E-state index contributed by atoms with van der Waals surface area (Å²) in [5, 5.41) is 9.09. The van der Waals surface area contributed by atoms with Gasteiger partial charge in [-0.2, -0.15) is 0 Å². The third kappa shape index (κ3) is 4.83. The van der Waals surface area contributed by atoms with Crippen molar-refractivity contribution in [3.63, 3.8) is 0 Å². The molecule has 0 bridgehead atoms. The van der Waals surface area contributed by atoms with Crippen LogP contribution in [0.5, 0.6) is 0 Å². The van der Waals surface area contributed by atoms with Gasteiger partial charge in [-0.05, 0) is 24.1 Å². The summed E-state index contributed by atoms with van der Waals surface area (Å²) in [6, 6.07) is 8.29. The maximum Gasteiger partial charge on any atom is 0.319 e. The smallest absolute Gasteiger partial charge is 0.319 e. The molecule has 1 saturated heterocycles. The number of rotatable bonds is 5. The number of benzene rings is 1. The molecule has 1 aliphatic heterocycles. The maximum atomic E-state index is 11.8. The number of ether oxygens (including phenoxy) is 1. The molecule has 0 saturated carbocycles. The Bertz CT molecular complexity index is 425. The van der Waals surface area contributed by atoms with Crippen LogP contribution in [0.25, 0.3) is 0 Å². The average Bonchev–Trinajstić information content (AvgIpc) is 2.90. The highest BCUT2D eigenvalue weighted by atomic mass is 16.5. The summed E-state index contributed by atoms with van der Waals surface area (Å²) < 4.78 is 5.22. The summed E-state index contributed by atoms with van der Waals surface area (Å²) in [6.07, 6.45) is 0.882. The van der Waals surface area contributed by atoms with E-state index in [1.54, 1.807) is 0 Å². The molecule has 1 fully saturated rings. The number of carbonyl (C=O) groups excluding carboxylic acids is 1. The summed E-state index contributed by atoms with van der Waals surface area (Å²) >= 11 is 0. The summed E-state index contributed by atoms with van der Waals surface area (Å²) in [7, 11) is 0. The van der Waals surface area contributed by atoms with E-state index in [4.69, 9.17) is 4.74 Å². The Labute approximate surface area is 120 Å². The number of amides is 2. The Morgan fingerprint density at radius 2 is 2.10 bits per heavy atom. The molecule has 20 heavy (non-hydrogen) atoms. The Morgan fingerprint density at radius 3 is 2.70 bits per heavy atom. The van der Waals surface area contributed by atoms with Crippen LogP contribution < -0.4 is 16.0 Å². The predicted octanol–water partition coefficient (Wildman–Crippen LogP) is 2.09. The number of hydrogen-bond acceptors (Lipinski definition) is 3. The fourth-order valence-electron chi connectivity index (χ4n) is 2.03. The second-order valence-corrected chi connectivity index (χ2v) is 5.39. The molecule has 0 aliphatic carbocycles. The first-order valence-corrected chi connectivity index (χ1v) is 7.11. The van der Waals surface area contributed by atoms with Gasteiger partial charge >= 0.3 is 6.03 Å². The molecule has 0 radical (unpaired) electrons. The van der Waals surface area contributed by atoms with Gasteiger partial charge in [0.05, 0.1) is 12.6 Å². The van der Waals surface area contributed by atoms with E-state index in [1.165, 1.54) is 5.56 Å². The maximum absolute atomic E-state index is 11.8. The first kappa shape index (κ1) is 14.8. The molecular weight excluding hydrogens is 254 g/mol. The van der Waals surface area contributed by atoms with Crippen LogP contribution in [0.1, 0.15) is 25.8 Å². The van der Waals surface area contributed by atoms with E-state index in [-0.39, 0.29) is 12.1 Å². The van der Waals surface area contributed by atoms with Gasteiger partial charge in [-0.3, -0.25) is 0 Å². The van der Waals surface area contributed by atoms with Gasteiger partial charge in [0.25, 0.3) is 0 Å². The van der Waals surface area contributed by atoms with Gasteiger partial charge in [-0.1, -0.05) is 26.0 Å². The number of carbonyl (C=O) groups is 1. The van der Waals surface area contributed by atoms with Crippen LogP contribution in [0.4, 0.5) is 10.5 Å². The molecular formula is C15H23N3O2. The van der Waals surface area contributed by atoms with Crippen LogP contribution in [-0.4, -0.2) is 31.3 Å². The van der Waals surface area contributed by atoms with Crippen molar-refractivity contribution in [2.24, 2.45) is 0 Å². The summed E-state index contributed by atoms with van der Waals surface area (Å²) in [6.45, 7) is 6.40.